The molecule has 152 valence electrons. The number of nitrogens with one attached hydrogen (secondary N) is 4. The molecular weight excluding hydrogens is 388 g/mol. The summed E-state index contributed by atoms with van der Waals surface area (Å²) in [6.45, 7) is 5.53. The average Bonchev–Trinajstić information content (AvgIpc) is 3.31. The highest BCUT2D eigenvalue weighted by molar-refractivity contribution is 7.13. The number of carbonyl (C=O) groups excluding carboxylic acids is 3. The molecule has 1 aromatic carbocycles. The van der Waals surface area contributed by atoms with E-state index in [-0.39, 0.29) is 18.4 Å². The fourth-order valence-electron chi connectivity index (χ4n) is 3.06. The lowest BCUT2D eigenvalue weighted by Crippen LogP contribution is -2.49. The van der Waals surface area contributed by atoms with E-state index in [0.29, 0.717) is 6.42 Å². The second-order valence-electron chi connectivity index (χ2n) is 7.14. The zero-order valence-electron chi connectivity index (χ0n) is 16.6. The van der Waals surface area contributed by atoms with Gasteiger partial charge in [-0.2, -0.15) is 0 Å². The summed E-state index contributed by atoms with van der Waals surface area (Å²) in [6.07, 6.45) is 0.669. The van der Waals surface area contributed by atoms with Gasteiger partial charge in [-0.25, -0.2) is 0 Å². The summed E-state index contributed by atoms with van der Waals surface area (Å²) in [7, 11) is 0. The molecule has 8 heteroatoms. The number of hydrazine groups is 1. The third-order valence-corrected chi connectivity index (χ3v) is 5.26. The van der Waals surface area contributed by atoms with Crippen molar-refractivity contribution in [3.63, 3.8) is 0 Å². The number of hydrogen-bond donors (Lipinski definition) is 4. The van der Waals surface area contributed by atoms with E-state index >= 15 is 0 Å². The third-order valence-electron chi connectivity index (χ3n) is 4.37. The lowest BCUT2D eigenvalue weighted by atomic mass is 10.0. The van der Waals surface area contributed by atoms with Crippen LogP contribution in [0.25, 0.3) is 21.5 Å². The number of benzene rings is 1. The first-order chi connectivity index (χ1) is 13.8. The third kappa shape index (κ3) is 5.03. The lowest BCUT2D eigenvalue weighted by Gasteiger charge is -2.10. The van der Waals surface area contributed by atoms with E-state index in [4.69, 9.17) is 0 Å². The Balaban J connectivity index is 1.69. The van der Waals surface area contributed by atoms with Gasteiger partial charge in [0.25, 0.3) is 0 Å². The van der Waals surface area contributed by atoms with Crippen LogP contribution in [0.1, 0.15) is 31.4 Å². The molecule has 0 spiro atoms. The van der Waals surface area contributed by atoms with Crippen molar-refractivity contribution in [2.75, 3.05) is 0 Å². The van der Waals surface area contributed by atoms with E-state index in [9.17, 15) is 14.4 Å². The van der Waals surface area contributed by atoms with Gasteiger partial charge in [0.05, 0.1) is 10.6 Å². The van der Waals surface area contributed by atoms with Gasteiger partial charge in [0.2, 0.25) is 5.91 Å². The molecule has 0 radical (unpaired) electrons. The molecule has 2 aromatic heterocycles. The van der Waals surface area contributed by atoms with E-state index in [0.717, 1.165) is 32.6 Å². The summed E-state index contributed by atoms with van der Waals surface area (Å²) in [5, 5.41) is 5.56. The van der Waals surface area contributed by atoms with Crippen molar-refractivity contribution in [1.29, 1.82) is 0 Å². The lowest BCUT2D eigenvalue weighted by molar-refractivity contribution is -0.141. The molecule has 0 unspecified atom stereocenters. The van der Waals surface area contributed by atoms with Gasteiger partial charge in [-0.05, 0) is 56.3 Å². The van der Waals surface area contributed by atoms with Gasteiger partial charge in [-0.1, -0.05) is 17.7 Å². The summed E-state index contributed by atoms with van der Waals surface area (Å²) >= 11 is 1.63. The molecule has 3 rings (SSSR count). The summed E-state index contributed by atoms with van der Waals surface area (Å²) in [5.74, 6) is -2.05. The molecule has 2 heterocycles. The first-order valence-electron chi connectivity index (χ1n) is 9.40. The number of rotatable bonds is 5. The zero-order valence-corrected chi connectivity index (χ0v) is 17.4. The molecule has 29 heavy (non-hydrogen) atoms. The molecule has 0 fully saturated rings. The van der Waals surface area contributed by atoms with Crippen LogP contribution in [0, 0.1) is 6.92 Å². The van der Waals surface area contributed by atoms with Crippen LogP contribution in [0.3, 0.4) is 0 Å². The summed E-state index contributed by atoms with van der Waals surface area (Å²) < 4.78 is 0. The van der Waals surface area contributed by atoms with Crippen molar-refractivity contribution in [3.05, 3.63) is 46.8 Å². The van der Waals surface area contributed by atoms with Crippen molar-refractivity contribution in [1.82, 2.24) is 21.2 Å². The Morgan fingerprint density at radius 3 is 2.59 bits per heavy atom. The molecule has 4 N–H and O–H groups in total. The van der Waals surface area contributed by atoms with Gasteiger partial charge in [-0.15, -0.1) is 11.3 Å². The molecule has 0 atom stereocenters. The number of carbonyl (C=O) groups is 3. The number of thiophene rings is 1. The van der Waals surface area contributed by atoms with Crippen molar-refractivity contribution >= 4 is 40.0 Å². The molecular formula is C21H24N4O3S. The number of H-pyrrole nitrogens is 1. The molecule has 0 saturated heterocycles. The molecule has 0 saturated carbocycles. The highest BCUT2D eigenvalue weighted by Crippen LogP contribution is 2.34. The largest absolute Gasteiger partial charge is 0.354 e. The minimum Gasteiger partial charge on any atom is -0.354 e. The van der Waals surface area contributed by atoms with Crippen LogP contribution in [-0.4, -0.2) is 28.7 Å². The predicted octanol–water partition coefficient (Wildman–Crippen LogP) is 2.81. The van der Waals surface area contributed by atoms with Gasteiger partial charge in [0.1, 0.15) is 0 Å². The van der Waals surface area contributed by atoms with Gasteiger partial charge < -0.3 is 10.3 Å². The first kappa shape index (κ1) is 20.6. The topological polar surface area (TPSA) is 103 Å². The standard InChI is InChI=1S/C21H24N4O3S/c1-12(2)22-20(27)21(28)25-24-18(26)9-7-14-15-11-13(3)6-8-16(15)23-19(14)17-5-4-10-29-17/h4-6,8,10-12,23H,7,9H2,1-3H3,(H,22,27)(H,24,26)(H,25,28). The number of aromatic nitrogens is 1. The summed E-state index contributed by atoms with van der Waals surface area (Å²) in [4.78, 5) is 40.1. The maximum absolute atomic E-state index is 12.2. The maximum Gasteiger partial charge on any atom is 0.327 e. The van der Waals surface area contributed by atoms with Gasteiger partial charge in [0, 0.05) is 23.4 Å². The molecule has 7 nitrogen and oxygen atoms in total. The second-order valence-corrected chi connectivity index (χ2v) is 8.08. The van der Waals surface area contributed by atoms with Crippen LogP contribution in [-0.2, 0) is 20.8 Å². The fraction of sp³-hybridized carbons (Fsp3) is 0.286. The zero-order chi connectivity index (χ0) is 21.0. The van der Waals surface area contributed by atoms with Crippen molar-refractivity contribution < 1.29 is 14.4 Å². The Morgan fingerprint density at radius 2 is 1.90 bits per heavy atom. The van der Waals surface area contributed by atoms with E-state index in [2.05, 4.69) is 27.2 Å². The Bertz CT molecular complexity index is 1040. The second kappa shape index (κ2) is 8.91. The normalized spacial score (nSPS) is 10.9. The fourth-order valence-corrected chi connectivity index (χ4v) is 3.82. The van der Waals surface area contributed by atoms with Crippen LogP contribution >= 0.6 is 11.3 Å². The smallest absolute Gasteiger partial charge is 0.327 e. The number of amides is 3. The molecule has 0 bridgehead atoms. The van der Waals surface area contributed by atoms with Crippen molar-refractivity contribution in [3.8, 4) is 10.6 Å². The Kier molecular flexibility index (Phi) is 6.33. The van der Waals surface area contributed by atoms with Gasteiger partial charge >= 0.3 is 11.8 Å². The number of fused-ring (bicyclic) bond motifs is 1. The Labute approximate surface area is 172 Å². The number of aryl methyl sites for hydroxylation is 2. The van der Waals surface area contributed by atoms with Gasteiger partial charge in [0.15, 0.2) is 0 Å². The molecule has 3 amide bonds. The van der Waals surface area contributed by atoms with Gasteiger partial charge in [-0.3, -0.25) is 25.2 Å². The van der Waals surface area contributed by atoms with Crippen molar-refractivity contribution in [2.45, 2.75) is 39.7 Å². The van der Waals surface area contributed by atoms with E-state index in [1.165, 1.54) is 0 Å². The number of aromatic amines is 1. The highest BCUT2D eigenvalue weighted by atomic mass is 32.1. The minimum atomic E-state index is -0.894. The first-order valence-corrected chi connectivity index (χ1v) is 10.3. The molecule has 3 aromatic rings. The SMILES string of the molecule is Cc1ccc2[nH]c(-c3cccs3)c(CCC(=O)NNC(=O)C(=O)NC(C)C)c2c1. The van der Waals surface area contributed by atoms with Crippen LogP contribution < -0.4 is 16.2 Å². The predicted molar refractivity (Wildman–Crippen MR) is 114 cm³/mol. The average molecular weight is 413 g/mol. The highest BCUT2D eigenvalue weighted by Gasteiger charge is 2.17. The Morgan fingerprint density at radius 1 is 1.10 bits per heavy atom. The monoisotopic (exact) mass is 412 g/mol. The Hall–Kier alpha value is -3.13. The van der Waals surface area contributed by atoms with E-state index in [1.54, 1.807) is 25.2 Å². The molecule has 0 aliphatic rings. The molecule has 0 aliphatic carbocycles. The molecule has 0 aliphatic heterocycles. The van der Waals surface area contributed by atoms with Crippen LogP contribution in [0.2, 0.25) is 0 Å². The number of hydrogen-bond acceptors (Lipinski definition) is 4. The summed E-state index contributed by atoms with van der Waals surface area (Å²) in [5.41, 5.74) is 8.69. The summed E-state index contributed by atoms with van der Waals surface area (Å²) in [6, 6.07) is 10.1. The van der Waals surface area contributed by atoms with Crippen LogP contribution in [0.5, 0.6) is 0 Å². The quantitative estimate of drug-likeness (QED) is 0.383. The van der Waals surface area contributed by atoms with E-state index < -0.39 is 11.8 Å². The maximum atomic E-state index is 12.2. The van der Waals surface area contributed by atoms with Crippen molar-refractivity contribution in [2.24, 2.45) is 0 Å². The minimum absolute atomic E-state index is 0.162. The van der Waals surface area contributed by atoms with Crippen LogP contribution in [0.15, 0.2) is 35.7 Å². The van der Waals surface area contributed by atoms with E-state index in [1.807, 2.05) is 36.6 Å². The van der Waals surface area contributed by atoms with Crippen LogP contribution in [0.4, 0.5) is 0 Å².